The van der Waals surface area contributed by atoms with E-state index in [4.69, 9.17) is 4.74 Å². The zero-order valence-corrected chi connectivity index (χ0v) is 23.7. The molecule has 1 aliphatic heterocycles. The zero-order chi connectivity index (χ0) is 29.3. The molecule has 214 valence electrons. The van der Waals surface area contributed by atoms with Crippen LogP contribution in [0.25, 0.3) is 0 Å². The largest absolute Gasteiger partial charge is 0.486 e. The molecule has 3 amide bonds. The van der Waals surface area contributed by atoms with E-state index in [0.717, 1.165) is 4.31 Å². The molecule has 10 nitrogen and oxygen atoms in total. The number of rotatable bonds is 8. The van der Waals surface area contributed by atoms with E-state index < -0.39 is 33.9 Å². The summed E-state index contributed by atoms with van der Waals surface area (Å²) in [6.45, 7) is 10.7. The van der Waals surface area contributed by atoms with Crippen LogP contribution >= 0.6 is 0 Å². The number of anilines is 2. The van der Waals surface area contributed by atoms with Crippen molar-refractivity contribution >= 4 is 33.3 Å². The van der Waals surface area contributed by atoms with Gasteiger partial charge in [0.15, 0.2) is 5.75 Å². The van der Waals surface area contributed by atoms with Gasteiger partial charge in [-0.25, -0.2) is 17.6 Å². The van der Waals surface area contributed by atoms with Crippen molar-refractivity contribution in [3.8, 4) is 5.75 Å². The van der Waals surface area contributed by atoms with Crippen LogP contribution < -0.4 is 15.4 Å². The summed E-state index contributed by atoms with van der Waals surface area (Å²) in [6, 6.07) is 9.19. The minimum absolute atomic E-state index is 0.0224. The third kappa shape index (κ3) is 8.01. The SMILES string of the molecule is C=C(C)S(=O)(=O)N(C)C[C@@H]1Oc2c(NC(=O)Nc3ccc(F)cc3)cccc2C(=O)N(CCO)C[C@H]1C.CC. The number of urea groups is 1. The summed E-state index contributed by atoms with van der Waals surface area (Å²) < 4.78 is 45.8. The fourth-order valence-electron chi connectivity index (χ4n) is 3.88. The maximum absolute atomic E-state index is 13.3. The van der Waals surface area contributed by atoms with E-state index in [9.17, 15) is 27.5 Å². The molecule has 12 heteroatoms. The molecule has 0 aliphatic carbocycles. The first-order chi connectivity index (χ1) is 18.4. The zero-order valence-electron chi connectivity index (χ0n) is 22.9. The summed E-state index contributed by atoms with van der Waals surface area (Å²) in [7, 11) is -2.35. The molecule has 0 aromatic heterocycles. The van der Waals surface area contributed by atoms with Gasteiger partial charge < -0.3 is 25.4 Å². The molecule has 2 atom stereocenters. The molecule has 0 saturated heterocycles. The van der Waals surface area contributed by atoms with Crippen molar-refractivity contribution in [2.75, 3.05) is 43.9 Å². The van der Waals surface area contributed by atoms with Crippen LogP contribution in [0.1, 0.15) is 38.1 Å². The number of fused-ring (bicyclic) bond motifs is 1. The predicted octanol–water partition coefficient (Wildman–Crippen LogP) is 4.12. The number of allylic oxidation sites excluding steroid dienone is 1. The number of hydrogen-bond acceptors (Lipinski definition) is 6. The van der Waals surface area contributed by atoms with Crippen molar-refractivity contribution in [3.63, 3.8) is 0 Å². The third-order valence-electron chi connectivity index (χ3n) is 5.95. The Morgan fingerprint density at radius 2 is 1.85 bits per heavy atom. The number of amides is 3. The Morgan fingerprint density at radius 3 is 2.44 bits per heavy atom. The number of β-amino-alcohol motifs (C(OH)–C–C–N with tert-alkyl or cyclic N) is 1. The van der Waals surface area contributed by atoms with Crippen LogP contribution in [-0.2, 0) is 10.0 Å². The van der Waals surface area contributed by atoms with Gasteiger partial charge in [-0.15, -0.1) is 0 Å². The smallest absolute Gasteiger partial charge is 0.323 e. The van der Waals surface area contributed by atoms with Crippen LogP contribution in [0.3, 0.4) is 0 Å². The highest BCUT2D eigenvalue weighted by Crippen LogP contribution is 2.34. The van der Waals surface area contributed by atoms with E-state index >= 15 is 0 Å². The summed E-state index contributed by atoms with van der Waals surface area (Å²) in [5, 5.41) is 14.8. The Labute approximate surface area is 229 Å². The summed E-state index contributed by atoms with van der Waals surface area (Å²) in [6.07, 6.45) is -0.713. The van der Waals surface area contributed by atoms with Crippen molar-refractivity contribution in [2.45, 2.75) is 33.8 Å². The topological polar surface area (TPSA) is 128 Å². The average molecular weight is 565 g/mol. The number of hydrogen-bond donors (Lipinski definition) is 3. The lowest BCUT2D eigenvalue weighted by atomic mass is 10.0. The molecule has 0 fully saturated rings. The van der Waals surface area contributed by atoms with Crippen LogP contribution in [0.15, 0.2) is 53.9 Å². The fourth-order valence-corrected chi connectivity index (χ4v) is 4.76. The highest BCUT2D eigenvalue weighted by molar-refractivity contribution is 7.92. The van der Waals surface area contributed by atoms with Gasteiger partial charge in [-0.3, -0.25) is 4.79 Å². The predicted molar refractivity (Wildman–Crippen MR) is 150 cm³/mol. The second-order valence-corrected chi connectivity index (χ2v) is 11.1. The van der Waals surface area contributed by atoms with E-state index in [0.29, 0.717) is 5.69 Å². The number of aliphatic hydroxyl groups excluding tert-OH is 1. The summed E-state index contributed by atoms with van der Waals surface area (Å²) in [4.78, 5) is 27.4. The molecule has 0 unspecified atom stereocenters. The number of benzene rings is 2. The molecule has 0 bridgehead atoms. The van der Waals surface area contributed by atoms with Crippen LogP contribution in [0, 0.1) is 11.7 Å². The molecule has 2 aromatic carbocycles. The van der Waals surface area contributed by atoms with E-state index in [1.165, 1.54) is 49.2 Å². The number of halogens is 1. The van der Waals surface area contributed by atoms with E-state index in [-0.39, 0.29) is 54.1 Å². The van der Waals surface area contributed by atoms with Crippen LogP contribution in [0.2, 0.25) is 0 Å². The van der Waals surface area contributed by atoms with Crippen molar-refractivity contribution in [1.82, 2.24) is 9.21 Å². The number of likely N-dealkylation sites (N-methyl/N-ethyl adjacent to an activating group) is 1. The molecule has 0 radical (unpaired) electrons. The second-order valence-electron chi connectivity index (χ2n) is 8.86. The molecular formula is C27H37FN4O6S. The van der Waals surface area contributed by atoms with Gasteiger partial charge in [0.2, 0.25) is 10.0 Å². The number of aliphatic hydroxyl groups is 1. The Morgan fingerprint density at radius 1 is 1.21 bits per heavy atom. The highest BCUT2D eigenvalue weighted by Gasteiger charge is 2.34. The molecule has 3 N–H and O–H groups in total. The first kappa shape index (κ1) is 31.7. The number of carbonyl (C=O) groups excluding carboxylic acids is 2. The number of ether oxygens (including phenoxy) is 1. The lowest BCUT2D eigenvalue weighted by Gasteiger charge is -2.36. The minimum atomic E-state index is -3.77. The van der Waals surface area contributed by atoms with Gasteiger partial charge in [0.1, 0.15) is 11.9 Å². The van der Waals surface area contributed by atoms with Crippen molar-refractivity contribution in [2.24, 2.45) is 5.92 Å². The fraction of sp³-hybridized carbons (Fsp3) is 0.407. The van der Waals surface area contributed by atoms with E-state index in [1.54, 1.807) is 12.1 Å². The molecule has 2 aromatic rings. The maximum Gasteiger partial charge on any atom is 0.323 e. The molecule has 0 spiro atoms. The standard InChI is InChI=1S/C25H31FN4O6S.C2H6/c1-16(2)37(34,35)29(4)15-22-17(3)14-30(12-13-31)24(32)20-6-5-7-21(23(20)36-22)28-25(33)27-19-10-8-18(26)9-11-19;1-2/h5-11,17,22,31H,1,12-15H2,2-4H3,(H2,27,28,33);1-2H3/t17-,22+;/m1./s1. The normalized spacial score (nSPS) is 17.1. The molecule has 1 aliphatic rings. The minimum Gasteiger partial charge on any atom is -0.486 e. The van der Waals surface area contributed by atoms with Gasteiger partial charge in [0.25, 0.3) is 5.91 Å². The number of carbonyl (C=O) groups is 2. The van der Waals surface area contributed by atoms with Gasteiger partial charge >= 0.3 is 6.03 Å². The number of para-hydroxylation sites is 1. The maximum atomic E-state index is 13.3. The van der Waals surface area contributed by atoms with Crippen molar-refractivity contribution in [1.29, 1.82) is 0 Å². The summed E-state index contributed by atoms with van der Waals surface area (Å²) in [5.74, 6) is -1.12. The van der Waals surface area contributed by atoms with Crippen molar-refractivity contribution < 1.29 is 32.2 Å². The van der Waals surface area contributed by atoms with Crippen LogP contribution in [0.5, 0.6) is 5.75 Å². The van der Waals surface area contributed by atoms with E-state index in [1.807, 2.05) is 20.8 Å². The molecule has 1 heterocycles. The monoisotopic (exact) mass is 564 g/mol. The first-order valence-corrected chi connectivity index (χ1v) is 14.0. The summed E-state index contributed by atoms with van der Waals surface area (Å²) in [5.41, 5.74) is 0.677. The Balaban J connectivity index is 0.00000260. The van der Waals surface area contributed by atoms with Gasteiger partial charge in [-0.05, 0) is 43.3 Å². The van der Waals surface area contributed by atoms with Gasteiger partial charge in [0.05, 0.1) is 24.4 Å². The second kappa shape index (κ2) is 14.1. The lowest BCUT2D eigenvalue weighted by molar-refractivity contribution is 0.0512. The van der Waals surface area contributed by atoms with Gasteiger partial charge in [-0.2, -0.15) is 4.31 Å². The first-order valence-electron chi connectivity index (χ1n) is 12.6. The Bertz CT molecular complexity index is 1270. The molecule has 3 rings (SSSR count). The highest BCUT2D eigenvalue weighted by atomic mass is 32.2. The number of nitrogens with zero attached hydrogens (tertiary/aromatic N) is 2. The van der Waals surface area contributed by atoms with Gasteiger partial charge in [0, 0.05) is 36.6 Å². The number of sulfonamides is 1. The average Bonchev–Trinajstić information content (AvgIpc) is 2.90. The van der Waals surface area contributed by atoms with Gasteiger partial charge in [-0.1, -0.05) is 33.4 Å². The van der Waals surface area contributed by atoms with E-state index in [2.05, 4.69) is 17.2 Å². The quantitative estimate of drug-likeness (QED) is 0.443. The molecule has 39 heavy (non-hydrogen) atoms. The van der Waals surface area contributed by atoms with Crippen LogP contribution in [0.4, 0.5) is 20.6 Å². The molecular weight excluding hydrogens is 527 g/mol. The number of nitrogens with one attached hydrogen (secondary N) is 2. The van der Waals surface area contributed by atoms with Crippen molar-refractivity contribution in [3.05, 3.63) is 65.3 Å². The lowest BCUT2D eigenvalue weighted by Crippen LogP contribution is -2.48. The van der Waals surface area contributed by atoms with Crippen LogP contribution in [-0.4, -0.2) is 74.1 Å². The summed E-state index contributed by atoms with van der Waals surface area (Å²) >= 11 is 0. The molecule has 0 saturated carbocycles. The Hall–Kier alpha value is -3.48. The Kier molecular flexibility index (Phi) is 11.4. The third-order valence-corrected chi connectivity index (χ3v) is 7.80.